The van der Waals surface area contributed by atoms with Gasteiger partial charge in [-0.2, -0.15) is 0 Å². The molecule has 1 saturated heterocycles. The van der Waals surface area contributed by atoms with E-state index >= 15 is 0 Å². The minimum Gasteiger partial charge on any atom is -0.365 e. The predicted octanol–water partition coefficient (Wildman–Crippen LogP) is 2.73. The molecular formula is C15H23N3O2S. The fraction of sp³-hybridized carbons (Fsp3) is 0.667. The first kappa shape index (κ1) is 15.9. The molecule has 1 unspecified atom stereocenters. The molecule has 2 amide bonds. The summed E-state index contributed by atoms with van der Waals surface area (Å²) in [5.74, 6) is -0.287. The lowest BCUT2D eigenvalue weighted by molar-refractivity contribution is -0.137. The van der Waals surface area contributed by atoms with Crippen LogP contribution in [0.3, 0.4) is 0 Å². The number of likely N-dealkylation sites (tertiary alicyclic amines) is 1. The smallest absolute Gasteiger partial charge is 0.260 e. The van der Waals surface area contributed by atoms with Gasteiger partial charge in [0, 0.05) is 13.0 Å². The van der Waals surface area contributed by atoms with Crippen molar-refractivity contribution in [1.29, 1.82) is 0 Å². The normalized spacial score (nSPS) is 19.6. The summed E-state index contributed by atoms with van der Waals surface area (Å²) >= 11 is 1.31. The van der Waals surface area contributed by atoms with Crippen molar-refractivity contribution in [2.24, 2.45) is 11.1 Å². The summed E-state index contributed by atoms with van der Waals surface area (Å²) < 4.78 is 0. The Morgan fingerprint density at radius 3 is 2.71 bits per heavy atom. The minimum atomic E-state index is -0.456. The van der Waals surface area contributed by atoms with Gasteiger partial charge in [-0.15, -0.1) is 11.3 Å². The molecule has 1 aliphatic heterocycles. The number of nitrogens with zero attached hydrogens (tertiary/aromatic N) is 2. The predicted molar refractivity (Wildman–Crippen MR) is 83.0 cm³/mol. The topological polar surface area (TPSA) is 76.3 Å². The molecule has 0 aromatic carbocycles. The van der Waals surface area contributed by atoms with Crippen LogP contribution in [-0.2, 0) is 4.79 Å². The molecule has 0 spiro atoms. The molecule has 0 bridgehead atoms. The highest BCUT2D eigenvalue weighted by Gasteiger charge is 2.32. The molecule has 1 aliphatic rings. The average Bonchev–Trinajstić information content (AvgIpc) is 2.86. The van der Waals surface area contributed by atoms with E-state index in [0.29, 0.717) is 11.3 Å². The number of amides is 2. The molecule has 2 rings (SSSR count). The number of thiazole rings is 1. The highest BCUT2D eigenvalue weighted by Crippen LogP contribution is 2.35. The van der Waals surface area contributed by atoms with E-state index in [1.807, 2.05) is 4.90 Å². The minimum absolute atomic E-state index is 0.00769. The zero-order valence-corrected chi connectivity index (χ0v) is 13.7. The van der Waals surface area contributed by atoms with Gasteiger partial charge in [0.05, 0.1) is 12.2 Å². The van der Waals surface area contributed by atoms with Crippen molar-refractivity contribution in [3.8, 4) is 0 Å². The van der Waals surface area contributed by atoms with E-state index in [4.69, 9.17) is 5.73 Å². The molecule has 1 fully saturated rings. The molecular weight excluding hydrogens is 286 g/mol. The number of hydrogen-bond donors (Lipinski definition) is 1. The SMILES string of the molecule is CC(C)(C)CC(=O)N1CCCCC1c1ncc(C(N)=O)s1. The van der Waals surface area contributed by atoms with Crippen molar-refractivity contribution in [2.45, 2.75) is 52.5 Å². The lowest BCUT2D eigenvalue weighted by Crippen LogP contribution is -2.39. The Labute approximate surface area is 129 Å². The Bertz CT molecular complexity index is 533. The van der Waals surface area contributed by atoms with E-state index in [1.54, 1.807) is 0 Å². The quantitative estimate of drug-likeness (QED) is 0.932. The van der Waals surface area contributed by atoms with Crippen LogP contribution in [-0.4, -0.2) is 28.2 Å². The van der Waals surface area contributed by atoms with Gasteiger partial charge >= 0.3 is 0 Å². The number of carbonyl (C=O) groups is 2. The number of rotatable bonds is 3. The number of carbonyl (C=O) groups excluding carboxylic acids is 2. The lowest BCUT2D eigenvalue weighted by atomic mass is 9.90. The fourth-order valence-electron chi connectivity index (χ4n) is 2.60. The van der Waals surface area contributed by atoms with E-state index in [2.05, 4.69) is 25.8 Å². The number of primary amides is 1. The van der Waals surface area contributed by atoms with Crippen molar-refractivity contribution < 1.29 is 9.59 Å². The lowest BCUT2D eigenvalue weighted by Gasteiger charge is -2.36. The van der Waals surface area contributed by atoms with E-state index in [9.17, 15) is 9.59 Å². The highest BCUT2D eigenvalue weighted by molar-refractivity contribution is 7.13. The second-order valence-corrected chi connectivity index (χ2v) is 7.83. The molecule has 2 N–H and O–H groups in total. The van der Waals surface area contributed by atoms with Crippen LogP contribution in [0.25, 0.3) is 0 Å². The monoisotopic (exact) mass is 309 g/mol. The third kappa shape index (κ3) is 4.03. The number of nitrogens with two attached hydrogens (primary N) is 1. The average molecular weight is 309 g/mol. The molecule has 5 nitrogen and oxygen atoms in total. The van der Waals surface area contributed by atoms with Gasteiger partial charge in [0.2, 0.25) is 5.91 Å². The zero-order valence-electron chi connectivity index (χ0n) is 12.9. The van der Waals surface area contributed by atoms with E-state index in [0.717, 1.165) is 30.8 Å². The Morgan fingerprint density at radius 1 is 1.43 bits per heavy atom. The maximum atomic E-state index is 12.5. The Balaban J connectivity index is 2.18. The molecule has 0 saturated carbocycles. The third-order valence-electron chi connectivity index (χ3n) is 3.56. The van der Waals surface area contributed by atoms with Gasteiger partial charge in [-0.05, 0) is 24.7 Å². The summed E-state index contributed by atoms with van der Waals surface area (Å²) in [6.45, 7) is 6.97. The van der Waals surface area contributed by atoms with E-state index in [-0.39, 0.29) is 17.4 Å². The van der Waals surface area contributed by atoms with Crippen molar-refractivity contribution in [2.75, 3.05) is 6.54 Å². The molecule has 0 aliphatic carbocycles. The summed E-state index contributed by atoms with van der Waals surface area (Å²) in [5.41, 5.74) is 5.26. The number of hydrogen-bond acceptors (Lipinski definition) is 4. The van der Waals surface area contributed by atoms with E-state index < -0.39 is 5.91 Å². The summed E-state index contributed by atoms with van der Waals surface area (Å²) in [5, 5.41) is 0.825. The second kappa shape index (κ2) is 6.13. The van der Waals surface area contributed by atoms with Crippen LogP contribution in [0.5, 0.6) is 0 Å². The molecule has 1 aromatic heterocycles. The van der Waals surface area contributed by atoms with Crippen LogP contribution in [0, 0.1) is 5.41 Å². The van der Waals surface area contributed by atoms with Crippen molar-refractivity contribution in [3.63, 3.8) is 0 Å². The largest absolute Gasteiger partial charge is 0.365 e. The molecule has 1 aromatic rings. The van der Waals surface area contributed by atoms with Crippen LogP contribution >= 0.6 is 11.3 Å². The standard InChI is InChI=1S/C15H23N3O2S/c1-15(2,3)8-12(19)18-7-5-4-6-10(18)14-17-9-11(21-14)13(16)20/h9-10H,4-8H2,1-3H3,(H2,16,20). The van der Waals surface area contributed by atoms with Gasteiger partial charge in [0.15, 0.2) is 0 Å². The molecule has 6 heteroatoms. The van der Waals surface area contributed by atoms with E-state index in [1.165, 1.54) is 17.5 Å². The summed E-state index contributed by atoms with van der Waals surface area (Å²) in [4.78, 5) is 30.5. The summed E-state index contributed by atoms with van der Waals surface area (Å²) in [7, 11) is 0. The zero-order chi connectivity index (χ0) is 15.6. The number of piperidine rings is 1. The molecule has 1 atom stereocenters. The van der Waals surface area contributed by atoms with Crippen LogP contribution in [0.4, 0.5) is 0 Å². The second-order valence-electron chi connectivity index (χ2n) is 6.76. The maximum Gasteiger partial charge on any atom is 0.260 e. The molecule has 116 valence electrons. The maximum absolute atomic E-state index is 12.5. The first-order chi connectivity index (χ1) is 9.78. The summed E-state index contributed by atoms with van der Waals surface area (Å²) in [6, 6.07) is -0.00769. The van der Waals surface area contributed by atoms with Gasteiger partial charge < -0.3 is 10.6 Å². The Morgan fingerprint density at radius 2 is 2.14 bits per heavy atom. The summed E-state index contributed by atoms with van der Waals surface area (Å²) in [6.07, 6.45) is 5.05. The van der Waals surface area contributed by atoms with Crippen molar-refractivity contribution >= 4 is 23.2 Å². The van der Waals surface area contributed by atoms with Crippen LogP contribution in [0.2, 0.25) is 0 Å². The van der Waals surface area contributed by atoms with Gasteiger partial charge in [0.1, 0.15) is 9.88 Å². The molecule has 21 heavy (non-hydrogen) atoms. The van der Waals surface area contributed by atoms with Crippen LogP contribution < -0.4 is 5.73 Å². The number of aromatic nitrogens is 1. The van der Waals surface area contributed by atoms with Crippen LogP contribution in [0.15, 0.2) is 6.20 Å². The van der Waals surface area contributed by atoms with Gasteiger partial charge in [0.25, 0.3) is 5.91 Å². The van der Waals surface area contributed by atoms with Gasteiger partial charge in [-0.1, -0.05) is 20.8 Å². The van der Waals surface area contributed by atoms with Crippen molar-refractivity contribution in [1.82, 2.24) is 9.88 Å². The molecule has 0 radical (unpaired) electrons. The van der Waals surface area contributed by atoms with Crippen molar-refractivity contribution in [3.05, 3.63) is 16.1 Å². The Kier molecular flexibility index (Phi) is 4.66. The van der Waals surface area contributed by atoms with Gasteiger partial charge in [-0.25, -0.2) is 4.98 Å². The molecule has 2 heterocycles. The Hall–Kier alpha value is -1.43. The highest BCUT2D eigenvalue weighted by atomic mass is 32.1. The fourth-order valence-corrected chi connectivity index (χ4v) is 3.52. The first-order valence-electron chi connectivity index (χ1n) is 7.33. The first-order valence-corrected chi connectivity index (χ1v) is 8.14. The van der Waals surface area contributed by atoms with Gasteiger partial charge in [-0.3, -0.25) is 9.59 Å². The third-order valence-corrected chi connectivity index (χ3v) is 4.67. The van der Waals surface area contributed by atoms with Crippen LogP contribution in [0.1, 0.15) is 67.2 Å².